The maximum atomic E-state index is 5.72. The molecule has 2 rings (SSSR count). The third-order valence-corrected chi connectivity index (χ3v) is 3.17. The minimum Gasteiger partial charge on any atom is -0.270 e. The Hall–Kier alpha value is -1.73. The molecule has 0 aliphatic carbocycles. The van der Waals surface area contributed by atoms with E-state index in [-0.39, 0.29) is 6.04 Å². The van der Waals surface area contributed by atoms with Gasteiger partial charge in [0.05, 0.1) is 23.3 Å². The Morgan fingerprint density at radius 2 is 2.16 bits per heavy atom. The van der Waals surface area contributed by atoms with E-state index < -0.39 is 0 Å². The van der Waals surface area contributed by atoms with Gasteiger partial charge in [0.25, 0.3) is 0 Å². The summed E-state index contributed by atoms with van der Waals surface area (Å²) < 4.78 is 3.73. The lowest BCUT2D eigenvalue weighted by Gasteiger charge is -2.16. The molecule has 0 aliphatic rings. The van der Waals surface area contributed by atoms with Gasteiger partial charge in [-0.3, -0.25) is 10.5 Å². The summed E-state index contributed by atoms with van der Waals surface area (Å²) in [7, 11) is 1.92. The second-order valence-electron chi connectivity index (χ2n) is 4.52. The van der Waals surface area contributed by atoms with Crippen LogP contribution in [0, 0.1) is 0 Å². The summed E-state index contributed by atoms with van der Waals surface area (Å²) in [6.45, 7) is 5.02. The topological polar surface area (TPSA) is 86.6 Å². The lowest BCUT2D eigenvalue weighted by molar-refractivity contribution is 0.494. The molecule has 3 N–H and O–H groups in total. The van der Waals surface area contributed by atoms with E-state index in [9.17, 15) is 0 Å². The molecule has 2 aromatic rings. The Morgan fingerprint density at radius 3 is 2.74 bits per heavy atom. The molecule has 0 spiro atoms. The second-order valence-corrected chi connectivity index (χ2v) is 4.52. The van der Waals surface area contributed by atoms with Gasteiger partial charge in [-0.15, -0.1) is 5.10 Å². The van der Waals surface area contributed by atoms with Crippen molar-refractivity contribution in [2.45, 2.75) is 39.3 Å². The fourth-order valence-electron chi connectivity index (χ4n) is 2.18. The van der Waals surface area contributed by atoms with Gasteiger partial charge in [-0.2, -0.15) is 5.10 Å². The molecule has 0 aromatic carbocycles. The first-order chi connectivity index (χ1) is 9.21. The number of nitrogens with two attached hydrogens (primary N) is 1. The average molecular weight is 263 g/mol. The molecule has 0 saturated heterocycles. The lowest BCUT2D eigenvalue weighted by Crippen LogP contribution is -2.32. The molecule has 1 atom stereocenters. The Bertz CT molecular complexity index is 528. The van der Waals surface area contributed by atoms with Crippen molar-refractivity contribution >= 4 is 0 Å². The average Bonchev–Trinajstić information content (AvgIpc) is 3.00. The van der Waals surface area contributed by atoms with Crippen molar-refractivity contribution in [3.05, 3.63) is 29.3 Å². The second kappa shape index (κ2) is 5.94. The molecular formula is C12H21N7. The van der Waals surface area contributed by atoms with Crippen LogP contribution in [0.4, 0.5) is 0 Å². The van der Waals surface area contributed by atoms with Crippen LogP contribution in [0.15, 0.2) is 12.3 Å². The molecular weight excluding hydrogens is 242 g/mol. The molecule has 0 amide bonds. The fraction of sp³-hybridized carbons (Fsp3) is 0.583. The minimum atomic E-state index is -0.153. The van der Waals surface area contributed by atoms with E-state index in [2.05, 4.69) is 40.8 Å². The van der Waals surface area contributed by atoms with Crippen LogP contribution in [0.5, 0.6) is 0 Å². The standard InChI is InChI=1S/C12H21N7/c1-4-6-19-11(8-14-17-19)12(15-13)10-7-9(5-2)16-18(10)3/h7-8,12,15H,4-6,13H2,1-3H3. The maximum Gasteiger partial charge on any atom is 0.106 e. The largest absolute Gasteiger partial charge is 0.270 e. The normalized spacial score (nSPS) is 12.8. The first-order valence-corrected chi connectivity index (χ1v) is 6.58. The van der Waals surface area contributed by atoms with E-state index in [1.807, 2.05) is 16.4 Å². The molecule has 1 unspecified atom stereocenters. The van der Waals surface area contributed by atoms with Crippen molar-refractivity contribution in [3.63, 3.8) is 0 Å². The molecule has 0 saturated carbocycles. The van der Waals surface area contributed by atoms with E-state index in [0.29, 0.717) is 0 Å². The molecule has 2 heterocycles. The van der Waals surface area contributed by atoms with Crippen LogP contribution in [0.25, 0.3) is 0 Å². The predicted octanol–water partition coefficient (Wildman–Crippen LogP) is 0.537. The number of hydrogen-bond donors (Lipinski definition) is 2. The van der Waals surface area contributed by atoms with Gasteiger partial charge in [0.1, 0.15) is 6.04 Å². The zero-order valence-electron chi connectivity index (χ0n) is 11.7. The zero-order valence-corrected chi connectivity index (χ0v) is 11.7. The van der Waals surface area contributed by atoms with E-state index >= 15 is 0 Å². The molecule has 0 bridgehead atoms. The van der Waals surface area contributed by atoms with Crippen LogP contribution in [0.2, 0.25) is 0 Å². The monoisotopic (exact) mass is 263 g/mol. The van der Waals surface area contributed by atoms with Gasteiger partial charge >= 0.3 is 0 Å². The Morgan fingerprint density at radius 1 is 1.37 bits per heavy atom. The van der Waals surface area contributed by atoms with Crippen LogP contribution >= 0.6 is 0 Å². The van der Waals surface area contributed by atoms with Gasteiger partial charge in [0.15, 0.2) is 0 Å². The van der Waals surface area contributed by atoms with Crippen molar-refractivity contribution in [1.82, 2.24) is 30.2 Å². The summed E-state index contributed by atoms with van der Waals surface area (Å²) in [5, 5.41) is 12.5. The molecule has 7 heteroatoms. The molecule has 2 aromatic heterocycles. The highest BCUT2D eigenvalue weighted by Crippen LogP contribution is 2.21. The highest BCUT2D eigenvalue weighted by Gasteiger charge is 2.21. The van der Waals surface area contributed by atoms with Crippen LogP contribution in [0.3, 0.4) is 0 Å². The summed E-state index contributed by atoms with van der Waals surface area (Å²) in [4.78, 5) is 0. The highest BCUT2D eigenvalue weighted by atomic mass is 15.4. The highest BCUT2D eigenvalue weighted by molar-refractivity contribution is 5.22. The lowest BCUT2D eigenvalue weighted by atomic mass is 10.1. The van der Waals surface area contributed by atoms with Crippen LogP contribution in [0.1, 0.15) is 43.4 Å². The quantitative estimate of drug-likeness (QED) is 0.586. The molecule has 7 nitrogen and oxygen atoms in total. The van der Waals surface area contributed by atoms with Crippen molar-refractivity contribution in [2.24, 2.45) is 12.9 Å². The fourth-order valence-corrected chi connectivity index (χ4v) is 2.18. The first kappa shape index (κ1) is 13.7. The summed E-state index contributed by atoms with van der Waals surface area (Å²) >= 11 is 0. The van der Waals surface area contributed by atoms with Crippen LogP contribution in [-0.2, 0) is 20.0 Å². The number of nitrogens with one attached hydrogen (secondary N) is 1. The number of rotatable bonds is 6. The van der Waals surface area contributed by atoms with Crippen LogP contribution in [-0.4, -0.2) is 24.8 Å². The van der Waals surface area contributed by atoms with E-state index in [1.54, 1.807) is 6.20 Å². The molecule has 0 fully saturated rings. The third-order valence-electron chi connectivity index (χ3n) is 3.17. The number of hydrogen-bond acceptors (Lipinski definition) is 5. The first-order valence-electron chi connectivity index (χ1n) is 6.58. The van der Waals surface area contributed by atoms with Gasteiger partial charge in [0.2, 0.25) is 0 Å². The molecule has 0 radical (unpaired) electrons. The SMILES string of the molecule is CCCn1nncc1C(NN)c1cc(CC)nn1C. The minimum absolute atomic E-state index is 0.153. The number of nitrogens with zero attached hydrogens (tertiary/aromatic N) is 5. The zero-order chi connectivity index (χ0) is 13.8. The van der Waals surface area contributed by atoms with Crippen molar-refractivity contribution in [2.75, 3.05) is 0 Å². The van der Waals surface area contributed by atoms with Gasteiger partial charge in [-0.25, -0.2) is 10.1 Å². The van der Waals surface area contributed by atoms with Crippen molar-refractivity contribution < 1.29 is 0 Å². The van der Waals surface area contributed by atoms with E-state index in [0.717, 1.165) is 36.5 Å². The van der Waals surface area contributed by atoms with Gasteiger partial charge in [-0.1, -0.05) is 19.1 Å². The van der Waals surface area contributed by atoms with E-state index in [4.69, 9.17) is 5.84 Å². The molecule has 104 valence electrons. The van der Waals surface area contributed by atoms with Gasteiger partial charge in [-0.05, 0) is 18.9 Å². The van der Waals surface area contributed by atoms with Crippen molar-refractivity contribution in [1.29, 1.82) is 0 Å². The van der Waals surface area contributed by atoms with Gasteiger partial charge < -0.3 is 0 Å². The Kier molecular flexibility index (Phi) is 4.28. The van der Waals surface area contributed by atoms with Crippen LogP contribution < -0.4 is 11.3 Å². The van der Waals surface area contributed by atoms with E-state index in [1.165, 1.54) is 0 Å². The van der Waals surface area contributed by atoms with Gasteiger partial charge in [0, 0.05) is 13.6 Å². The maximum absolute atomic E-state index is 5.72. The van der Waals surface area contributed by atoms with Crippen molar-refractivity contribution in [3.8, 4) is 0 Å². The molecule has 19 heavy (non-hydrogen) atoms. The summed E-state index contributed by atoms with van der Waals surface area (Å²) in [5.41, 5.74) is 5.85. The summed E-state index contributed by atoms with van der Waals surface area (Å²) in [6.07, 6.45) is 3.65. The Labute approximate surface area is 112 Å². The molecule has 0 aliphatic heterocycles. The smallest absolute Gasteiger partial charge is 0.106 e. The summed E-state index contributed by atoms with van der Waals surface area (Å²) in [6, 6.07) is 1.91. The number of hydrazine groups is 1. The number of aryl methyl sites for hydroxylation is 3. The number of aromatic nitrogens is 5. The summed E-state index contributed by atoms with van der Waals surface area (Å²) in [5.74, 6) is 5.72. The Balaban J connectivity index is 2.37. The predicted molar refractivity (Wildman–Crippen MR) is 72.1 cm³/mol. The third kappa shape index (κ3) is 2.66.